The van der Waals surface area contributed by atoms with E-state index in [9.17, 15) is 0 Å². The highest BCUT2D eigenvalue weighted by molar-refractivity contribution is 5.54. The van der Waals surface area contributed by atoms with E-state index in [0.29, 0.717) is 33.0 Å². The second-order valence-electron chi connectivity index (χ2n) is 8.28. The maximum absolute atomic E-state index is 6.94. The van der Waals surface area contributed by atoms with Gasteiger partial charge in [0.2, 0.25) is 5.95 Å². The van der Waals surface area contributed by atoms with Crippen molar-refractivity contribution < 1.29 is 9.47 Å². The van der Waals surface area contributed by atoms with Crippen LogP contribution in [0.3, 0.4) is 0 Å². The first-order valence-electron chi connectivity index (χ1n) is 12.7. The minimum absolute atomic E-state index is 0.345. The van der Waals surface area contributed by atoms with Crippen molar-refractivity contribution in [2.75, 3.05) is 50.2 Å². The zero-order valence-electron chi connectivity index (χ0n) is 20.8. The lowest BCUT2D eigenvalue weighted by atomic mass is 10.1. The Labute approximate surface area is 196 Å². The largest absolute Gasteiger partial charge is 0.377 e. The van der Waals surface area contributed by atoms with Crippen LogP contribution in [0.5, 0.6) is 0 Å². The Kier molecular flexibility index (Phi) is 17.6. The Morgan fingerprint density at radius 3 is 2.22 bits per heavy atom. The van der Waals surface area contributed by atoms with E-state index >= 15 is 0 Å². The van der Waals surface area contributed by atoms with Gasteiger partial charge < -0.3 is 25.5 Å². The van der Waals surface area contributed by atoms with E-state index in [2.05, 4.69) is 31.4 Å². The number of nitrogens with one attached hydrogen (secondary N) is 3. The normalized spacial score (nSPS) is 11.0. The minimum Gasteiger partial charge on any atom is -0.377 e. The summed E-state index contributed by atoms with van der Waals surface area (Å²) in [4.78, 5) is 9.54. The van der Waals surface area contributed by atoms with Crippen LogP contribution in [0, 0.1) is 12.3 Å². The van der Waals surface area contributed by atoms with E-state index in [1.54, 1.807) is 0 Å². The Bertz CT molecular complexity index is 598. The van der Waals surface area contributed by atoms with Gasteiger partial charge in [0.1, 0.15) is 5.82 Å². The zero-order chi connectivity index (χ0) is 23.3. The molecule has 1 heterocycles. The van der Waals surface area contributed by atoms with Crippen molar-refractivity contribution in [3.8, 4) is 0 Å². The first-order valence-corrected chi connectivity index (χ1v) is 12.7. The average molecular weight is 450 g/mol. The molecule has 0 spiro atoms. The van der Waals surface area contributed by atoms with Crippen LogP contribution in [-0.4, -0.2) is 55.7 Å². The van der Waals surface area contributed by atoms with E-state index in [1.807, 2.05) is 0 Å². The molecule has 0 saturated carbocycles. The van der Waals surface area contributed by atoms with Crippen molar-refractivity contribution >= 4 is 18.0 Å². The summed E-state index contributed by atoms with van der Waals surface area (Å²) in [6.07, 6.45) is 14.9. The fourth-order valence-corrected chi connectivity index (χ4v) is 3.56. The predicted octanol–water partition coefficient (Wildman–Crippen LogP) is 5.77. The van der Waals surface area contributed by atoms with Crippen LogP contribution in [0.25, 0.3) is 0 Å². The average Bonchev–Trinajstić information content (AvgIpc) is 2.79. The first-order chi connectivity index (χ1) is 15.7. The summed E-state index contributed by atoms with van der Waals surface area (Å²) in [5, 5.41) is 13.8. The van der Waals surface area contributed by atoms with Crippen molar-refractivity contribution in [1.29, 1.82) is 5.41 Å². The van der Waals surface area contributed by atoms with Gasteiger partial charge in [0.15, 0.2) is 0 Å². The number of aryl methyl sites for hydroxylation is 1. The summed E-state index contributed by atoms with van der Waals surface area (Å²) in [7, 11) is 0. The molecular weight excluding hydrogens is 402 g/mol. The third-order valence-electron chi connectivity index (χ3n) is 5.42. The Hall–Kier alpha value is -1.73. The molecule has 0 aliphatic rings. The molecule has 0 saturated heterocycles. The van der Waals surface area contributed by atoms with Crippen LogP contribution in [-0.2, 0) is 15.9 Å². The molecule has 0 atom stereocenters. The molecule has 0 amide bonds. The van der Waals surface area contributed by atoms with Gasteiger partial charge in [-0.15, -0.1) is 0 Å². The quantitative estimate of drug-likeness (QED) is 0.154. The minimum atomic E-state index is 0.345. The standard InChI is InChI=1S/C25H47N5O2/c1-4-6-8-10-11-13-16-28-25-29-22(3)23(14-12-9-7-5-2)24(30-25)27-17-19-32-21-20-31-18-15-26/h15,26H,4-14,16-21H2,1-3H3,(H2,27,28,29,30). The van der Waals surface area contributed by atoms with E-state index in [1.165, 1.54) is 63.1 Å². The molecule has 0 fully saturated rings. The van der Waals surface area contributed by atoms with Gasteiger partial charge in [-0.05, 0) is 26.2 Å². The number of nitrogens with zero attached hydrogens (tertiary/aromatic N) is 2. The maximum atomic E-state index is 6.94. The first kappa shape index (κ1) is 28.3. The second-order valence-corrected chi connectivity index (χ2v) is 8.28. The molecule has 0 aliphatic heterocycles. The van der Waals surface area contributed by atoms with Crippen molar-refractivity contribution in [1.82, 2.24) is 9.97 Å². The van der Waals surface area contributed by atoms with E-state index < -0.39 is 0 Å². The number of anilines is 2. The van der Waals surface area contributed by atoms with Crippen LogP contribution in [0.4, 0.5) is 11.8 Å². The molecule has 0 aliphatic carbocycles. The van der Waals surface area contributed by atoms with Gasteiger partial charge in [-0.2, -0.15) is 4.98 Å². The number of hydrogen-bond acceptors (Lipinski definition) is 7. The van der Waals surface area contributed by atoms with Gasteiger partial charge in [0.25, 0.3) is 0 Å². The van der Waals surface area contributed by atoms with Crippen LogP contribution in [0.2, 0.25) is 0 Å². The lowest BCUT2D eigenvalue weighted by Gasteiger charge is -2.16. The summed E-state index contributed by atoms with van der Waals surface area (Å²) in [6, 6.07) is 0. The number of hydrogen-bond donors (Lipinski definition) is 3. The molecule has 7 nitrogen and oxygen atoms in total. The Morgan fingerprint density at radius 1 is 0.781 bits per heavy atom. The van der Waals surface area contributed by atoms with Crippen molar-refractivity contribution in [3.05, 3.63) is 11.3 Å². The summed E-state index contributed by atoms with van der Waals surface area (Å²) in [6.45, 7) is 10.2. The molecule has 1 aromatic heterocycles. The topological polar surface area (TPSA) is 92.2 Å². The molecule has 0 bridgehead atoms. The second kappa shape index (κ2) is 19.9. The summed E-state index contributed by atoms with van der Waals surface area (Å²) in [5.74, 6) is 1.65. The van der Waals surface area contributed by atoms with E-state index in [-0.39, 0.29) is 0 Å². The van der Waals surface area contributed by atoms with Gasteiger partial charge >= 0.3 is 0 Å². The van der Waals surface area contributed by atoms with Crippen molar-refractivity contribution in [3.63, 3.8) is 0 Å². The molecule has 0 unspecified atom stereocenters. The van der Waals surface area contributed by atoms with Crippen LogP contribution < -0.4 is 10.6 Å². The molecule has 0 radical (unpaired) electrons. The number of aromatic nitrogens is 2. The van der Waals surface area contributed by atoms with Gasteiger partial charge in [-0.1, -0.05) is 65.2 Å². The third-order valence-corrected chi connectivity index (χ3v) is 5.42. The van der Waals surface area contributed by atoms with Crippen LogP contribution in [0.1, 0.15) is 89.3 Å². The summed E-state index contributed by atoms with van der Waals surface area (Å²) < 4.78 is 10.8. The third kappa shape index (κ3) is 13.6. The number of unbranched alkanes of at least 4 members (excludes halogenated alkanes) is 8. The lowest BCUT2D eigenvalue weighted by Crippen LogP contribution is -2.17. The monoisotopic (exact) mass is 449 g/mol. The molecule has 1 aromatic rings. The van der Waals surface area contributed by atoms with Crippen LogP contribution in [0.15, 0.2) is 0 Å². The molecule has 32 heavy (non-hydrogen) atoms. The van der Waals surface area contributed by atoms with Gasteiger partial charge in [-0.3, -0.25) is 0 Å². The molecular formula is C25H47N5O2. The highest BCUT2D eigenvalue weighted by atomic mass is 16.5. The Morgan fingerprint density at radius 2 is 1.47 bits per heavy atom. The molecule has 184 valence electrons. The fraction of sp³-hybridized carbons (Fsp3) is 0.800. The summed E-state index contributed by atoms with van der Waals surface area (Å²) >= 11 is 0. The van der Waals surface area contributed by atoms with E-state index in [4.69, 9.17) is 24.9 Å². The van der Waals surface area contributed by atoms with Crippen molar-refractivity contribution in [2.24, 2.45) is 0 Å². The zero-order valence-corrected chi connectivity index (χ0v) is 20.8. The van der Waals surface area contributed by atoms with Gasteiger partial charge in [0.05, 0.1) is 26.4 Å². The predicted molar refractivity (Wildman–Crippen MR) is 135 cm³/mol. The lowest BCUT2D eigenvalue weighted by molar-refractivity contribution is 0.0672. The van der Waals surface area contributed by atoms with Gasteiger partial charge in [-0.25, -0.2) is 4.98 Å². The molecule has 1 rings (SSSR count). The molecule has 3 N–H and O–H groups in total. The highest BCUT2D eigenvalue weighted by Crippen LogP contribution is 2.21. The molecule has 7 heteroatoms. The van der Waals surface area contributed by atoms with Crippen molar-refractivity contribution in [2.45, 2.75) is 91.4 Å². The smallest absolute Gasteiger partial charge is 0.224 e. The number of rotatable bonds is 22. The van der Waals surface area contributed by atoms with Crippen LogP contribution >= 0.6 is 0 Å². The molecule has 0 aromatic carbocycles. The SMILES string of the molecule is CCCCCCCCNc1nc(C)c(CCCCCC)c(NCCOCCOCC=N)n1. The Balaban J connectivity index is 2.54. The van der Waals surface area contributed by atoms with E-state index in [0.717, 1.165) is 43.3 Å². The highest BCUT2D eigenvalue weighted by Gasteiger charge is 2.11. The summed E-state index contributed by atoms with van der Waals surface area (Å²) in [5.41, 5.74) is 2.28. The van der Waals surface area contributed by atoms with Gasteiger partial charge in [0, 0.05) is 30.6 Å². The number of ether oxygens (including phenoxy) is 2. The fourth-order valence-electron chi connectivity index (χ4n) is 3.56. The maximum Gasteiger partial charge on any atom is 0.224 e.